The van der Waals surface area contributed by atoms with Gasteiger partial charge in [0, 0.05) is 16.3 Å². The Labute approximate surface area is 111 Å². The molecule has 2 aromatic carbocycles. The maximum absolute atomic E-state index is 5.93. The monoisotopic (exact) mass is 263 g/mol. The van der Waals surface area contributed by atoms with Gasteiger partial charge in [0.2, 0.25) is 0 Å². The topological polar surface area (TPSA) is 12.4 Å². The Bertz CT molecular complexity index is 545. The number of hydrogen-bond acceptors (Lipinski definition) is 1. The van der Waals surface area contributed by atoms with Gasteiger partial charge in [0.15, 0.2) is 0 Å². The maximum Gasteiger partial charge on any atom is 0.0673 e. The minimum Gasteiger partial charge on any atom is -0.256 e. The molecule has 0 atom stereocenters. The summed E-state index contributed by atoms with van der Waals surface area (Å²) in [6.45, 7) is 2.00. The molecule has 0 fully saturated rings. The Balaban J connectivity index is 2.25. The van der Waals surface area contributed by atoms with Crippen LogP contribution in [0.25, 0.3) is 0 Å². The Morgan fingerprint density at radius 2 is 1.59 bits per heavy atom. The third kappa shape index (κ3) is 3.32. The van der Waals surface area contributed by atoms with Gasteiger partial charge in [-0.25, -0.2) is 0 Å². The first-order valence-electron chi connectivity index (χ1n) is 5.21. The van der Waals surface area contributed by atoms with Gasteiger partial charge in [-0.2, -0.15) is 0 Å². The number of aryl methyl sites for hydroxylation is 1. The molecule has 0 aromatic heterocycles. The van der Waals surface area contributed by atoms with Crippen LogP contribution in [0, 0.1) is 6.92 Å². The Kier molecular flexibility index (Phi) is 3.82. The van der Waals surface area contributed by atoms with Gasteiger partial charge in [0.1, 0.15) is 0 Å². The summed E-state index contributed by atoms with van der Waals surface area (Å²) in [7, 11) is 0. The number of halogens is 2. The van der Waals surface area contributed by atoms with Crippen molar-refractivity contribution < 1.29 is 0 Å². The van der Waals surface area contributed by atoms with E-state index in [4.69, 9.17) is 23.2 Å². The van der Waals surface area contributed by atoms with Crippen LogP contribution >= 0.6 is 23.2 Å². The molecule has 0 N–H and O–H groups in total. The van der Waals surface area contributed by atoms with Gasteiger partial charge < -0.3 is 0 Å². The van der Waals surface area contributed by atoms with E-state index in [0.717, 1.165) is 21.8 Å². The van der Waals surface area contributed by atoms with E-state index in [9.17, 15) is 0 Å². The molecular formula is C14H11Cl2N. The lowest BCUT2D eigenvalue weighted by atomic mass is 10.2. The van der Waals surface area contributed by atoms with Crippen molar-refractivity contribution >= 4 is 35.1 Å². The average molecular weight is 264 g/mol. The van der Waals surface area contributed by atoms with Crippen LogP contribution in [0.4, 0.5) is 5.69 Å². The zero-order valence-corrected chi connectivity index (χ0v) is 10.8. The molecule has 0 radical (unpaired) electrons. The van der Waals surface area contributed by atoms with E-state index in [0.29, 0.717) is 5.02 Å². The van der Waals surface area contributed by atoms with Crippen LogP contribution in [0.3, 0.4) is 0 Å². The quantitative estimate of drug-likeness (QED) is 0.673. The van der Waals surface area contributed by atoms with Gasteiger partial charge >= 0.3 is 0 Å². The summed E-state index contributed by atoms with van der Waals surface area (Å²) in [5.74, 6) is 0. The normalized spacial score (nSPS) is 11.0. The lowest BCUT2D eigenvalue weighted by Crippen LogP contribution is -1.80. The second kappa shape index (κ2) is 5.35. The summed E-state index contributed by atoms with van der Waals surface area (Å²) in [6, 6.07) is 13.2. The van der Waals surface area contributed by atoms with E-state index in [1.54, 1.807) is 6.21 Å². The molecule has 2 aromatic rings. The second-order valence-electron chi connectivity index (χ2n) is 3.74. The minimum absolute atomic E-state index is 0.693. The third-order valence-corrected chi connectivity index (χ3v) is 2.88. The SMILES string of the molecule is Cc1ccc(Cl)cc1/N=C/c1ccc(Cl)cc1. The van der Waals surface area contributed by atoms with Gasteiger partial charge in [0.05, 0.1) is 5.69 Å². The van der Waals surface area contributed by atoms with E-state index in [2.05, 4.69) is 4.99 Å². The second-order valence-corrected chi connectivity index (χ2v) is 4.61. The fourth-order valence-electron chi connectivity index (χ4n) is 1.41. The van der Waals surface area contributed by atoms with Gasteiger partial charge in [-0.05, 0) is 42.3 Å². The van der Waals surface area contributed by atoms with Crippen LogP contribution in [0.1, 0.15) is 11.1 Å². The highest BCUT2D eigenvalue weighted by atomic mass is 35.5. The van der Waals surface area contributed by atoms with Crippen LogP contribution < -0.4 is 0 Å². The summed E-state index contributed by atoms with van der Waals surface area (Å²) in [5.41, 5.74) is 2.99. The van der Waals surface area contributed by atoms with Crippen LogP contribution in [0.15, 0.2) is 47.5 Å². The van der Waals surface area contributed by atoms with Crippen molar-refractivity contribution in [1.82, 2.24) is 0 Å². The van der Waals surface area contributed by atoms with Crippen molar-refractivity contribution in [2.45, 2.75) is 6.92 Å². The van der Waals surface area contributed by atoms with E-state index >= 15 is 0 Å². The van der Waals surface area contributed by atoms with Crippen LogP contribution in [-0.4, -0.2) is 6.21 Å². The van der Waals surface area contributed by atoms with Gasteiger partial charge in [0.25, 0.3) is 0 Å². The number of rotatable bonds is 2. The molecule has 0 saturated carbocycles. The van der Waals surface area contributed by atoms with E-state index in [1.807, 2.05) is 49.4 Å². The molecule has 86 valence electrons. The summed E-state index contributed by atoms with van der Waals surface area (Å²) in [6.07, 6.45) is 1.80. The minimum atomic E-state index is 0.693. The molecule has 0 bridgehead atoms. The molecule has 2 rings (SSSR count). The summed E-state index contributed by atoms with van der Waals surface area (Å²) in [4.78, 5) is 4.41. The van der Waals surface area contributed by atoms with E-state index < -0.39 is 0 Å². The van der Waals surface area contributed by atoms with Crippen LogP contribution in [0.2, 0.25) is 10.0 Å². The van der Waals surface area contributed by atoms with Gasteiger partial charge in [-0.1, -0.05) is 41.4 Å². The number of hydrogen-bond donors (Lipinski definition) is 0. The first-order valence-corrected chi connectivity index (χ1v) is 5.96. The van der Waals surface area contributed by atoms with Crippen molar-refractivity contribution in [2.24, 2.45) is 4.99 Å². The highest BCUT2D eigenvalue weighted by Crippen LogP contribution is 2.22. The molecular weight excluding hydrogens is 253 g/mol. The molecule has 0 amide bonds. The Morgan fingerprint density at radius 1 is 0.941 bits per heavy atom. The molecule has 3 heteroatoms. The number of aliphatic imine (C=N–C) groups is 1. The summed E-state index contributed by atoms with van der Waals surface area (Å²) in [5, 5.41) is 1.42. The van der Waals surface area contributed by atoms with Crippen molar-refractivity contribution in [1.29, 1.82) is 0 Å². The zero-order chi connectivity index (χ0) is 12.3. The lowest BCUT2D eigenvalue weighted by molar-refractivity contribution is 1.40. The molecule has 1 nitrogen and oxygen atoms in total. The highest BCUT2D eigenvalue weighted by molar-refractivity contribution is 6.31. The summed E-state index contributed by atoms with van der Waals surface area (Å²) < 4.78 is 0. The lowest BCUT2D eigenvalue weighted by Gasteiger charge is -2.00. The molecule has 0 heterocycles. The van der Waals surface area contributed by atoms with Crippen molar-refractivity contribution in [3.63, 3.8) is 0 Å². The summed E-state index contributed by atoms with van der Waals surface area (Å²) >= 11 is 11.7. The molecule has 0 aliphatic rings. The van der Waals surface area contributed by atoms with Crippen LogP contribution in [-0.2, 0) is 0 Å². The largest absolute Gasteiger partial charge is 0.256 e. The molecule has 0 aliphatic heterocycles. The van der Waals surface area contributed by atoms with Crippen molar-refractivity contribution in [2.75, 3.05) is 0 Å². The number of nitrogens with zero attached hydrogens (tertiary/aromatic N) is 1. The third-order valence-electron chi connectivity index (χ3n) is 2.39. The van der Waals surface area contributed by atoms with Gasteiger partial charge in [-0.15, -0.1) is 0 Å². The highest BCUT2D eigenvalue weighted by Gasteiger charge is 1.96. The van der Waals surface area contributed by atoms with Gasteiger partial charge in [-0.3, -0.25) is 4.99 Å². The number of benzene rings is 2. The predicted molar refractivity (Wildman–Crippen MR) is 74.9 cm³/mol. The van der Waals surface area contributed by atoms with Crippen LogP contribution in [0.5, 0.6) is 0 Å². The standard InChI is InChI=1S/C14H11Cl2N/c1-10-2-5-13(16)8-14(10)17-9-11-3-6-12(15)7-4-11/h2-9H,1H3/b17-9+. The predicted octanol–water partition coefficient (Wildman–Crippen LogP) is 5.05. The Morgan fingerprint density at radius 3 is 2.29 bits per heavy atom. The van der Waals surface area contributed by atoms with E-state index in [-0.39, 0.29) is 0 Å². The molecule has 0 aliphatic carbocycles. The molecule has 0 saturated heterocycles. The fraction of sp³-hybridized carbons (Fsp3) is 0.0714. The molecule has 17 heavy (non-hydrogen) atoms. The first kappa shape index (κ1) is 12.2. The fourth-order valence-corrected chi connectivity index (χ4v) is 1.71. The Hall–Kier alpha value is -1.31. The van der Waals surface area contributed by atoms with Crippen molar-refractivity contribution in [3.05, 3.63) is 63.6 Å². The zero-order valence-electron chi connectivity index (χ0n) is 9.32. The first-order chi connectivity index (χ1) is 8.15. The molecule has 0 spiro atoms. The molecule has 0 unspecified atom stereocenters. The average Bonchev–Trinajstić information content (AvgIpc) is 2.32. The smallest absolute Gasteiger partial charge is 0.0673 e. The van der Waals surface area contributed by atoms with Crippen molar-refractivity contribution in [3.8, 4) is 0 Å². The maximum atomic E-state index is 5.93. The van der Waals surface area contributed by atoms with E-state index in [1.165, 1.54) is 0 Å².